The number of nitrogens with one attached hydrogen (secondary N) is 4. The van der Waals surface area contributed by atoms with Crippen molar-refractivity contribution in [3.8, 4) is 22.8 Å². The van der Waals surface area contributed by atoms with Crippen molar-refractivity contribution in [1.29, 1.82) is 0 Å². The van der Waals surface area contributed by atoms with Gasteiger partial charge in [-0.05, 0) is 72.8 Å². The highest BCUT2D eigenvalue weighted by atomic mass is 16.5. The zero-order valence-corrected chi connectivity index (χ0v) is 20.8. The molecule has 0 fully saturated rings. The van der Waals surface area contributed by atoms with E-state index in [9.17, 15) is 9.59 Å². The Morgan fingerprint density at radius 2 is 1.00 bits per heavy atom. The molecule has 2 heterocycles. The smallest absolute Gasteiger partial charge is 0.250 e. The van der Waals surface area contributed by atoms with Crippen molar-refractivity contribution in [2.75, 3.05) is 23.8 Å². The third-order valence-corrected chi connectivity index (χ3v) is 6.13. The van der Waals surface area contributed by atoms with Crippen LogP contribution in [0.3, 0.4) is 0 Å². The molecule has 6 rings (SSSR count). The third kappa shape index (κ3) is 5.53. The Hall–Kier alpha value is -5.28. The lowest BCUT2D eigenvalue weighted by Crippen LogP contribution is -2.23. The van der Waals surface area contributed by atoms with Crippen LogP contribution in [-0.2, 0) is 14.3 Å². The Morgan fingerprint density at radius 3 is 1.41 bits per heavy atom. The molecule has 0 aliphatic rings. The fraction of sp³-hybridized carbons (Fsp3) is 0.0667. The Labute approximate surface area is 223 Å². The van der Waals surface area contributed by atoms with Crippen molar-refractivity contribution in [1.82, 2.24) is 19.9 Å². The van der Waals surface area contributed by atoms with Crippen LogP contribution in [0.15, 0.2) is 97.1 Å². The summed E-state index contributed by atoms with van der Waals surface area (Å²) in [6.45, 7) is -0.493. The fourth-order valence-electron chi connectivity index (χ4n) is 4.23. The van der Waals surface area contributed by atoms with Gasteiger partial charge in [0.1, 0.15) is 24.9 Å². The van der Waals surface area contributed by atoms with Gasteiger partial charge in [0.25, 0.3) is 0 Å². The molecule has 192 valence electrons. The van der Waals surface area contributed by atoms with Crippen molar-refractivity contribution < 1.29 is 14.3 Å². The number of aromatic amines is 2. The minimum Gasteiger partial charge on any atom is -0.362 e. The van der Waals surface area contributed by atoms with E-state index >= 15 is 0 Å². The summed E-state index contributed by atoms with van der Waals surface area (Å²) in [7, 11) is 0. The molecule has 0 radical (unpaired) electrons. The number of hydrogen-bond acceptors (Lipinski definition) is 5. The fourth-order valence-corrected chi connectivity index (χ4v) is 4.23. The van der Waals surface area contributed by atoms with E-state index < -0.39 is 0 Å². The van der Waals surface area contributed by atoms with Gasteiger partial charge in [0, 0.05) is 22.5 Å². The quantitative estimate of drug-likeness (QED) is 0.217. The van der Waals surface area contributed by atoms with Crippen LogP contribution in [0, 0.1) is 0 Å². The van der Waals surface area contributed by atoms with Crippen LogP contribution in [-0.4, -0.2) is 45.0 Å². The lowest BCUT2D eigenvalue weighted by Gasteiger charge is -2.08. The Balaban J connectivity index is 0.962. The molecule has 0 aliphatic carbocycles. The average molecular weight is 517 g/mol. The first-order valence-corrected chi connectivity index (χ1v) is 12.4. The van der Waals surface area contributed by atoms with Gasteiger partial charge in [0.2, 0.25) is 11.8 Å². The van der Waals surface area contributed by atoms with Gasteiger partial charge in [-0.2, -0.15) is 0 Å². The number of aromatic nitrogens is 4. The van der Waals surface area contributed by atoms with Gasteiger partial charge in [-0.3, -0.25) is 9.59 Å². The number of para-hydroxylation sites is 4. The lowest BCUT2D eigenvalue weighted by molar-refractivity contribution is -0.125. The number of carbonyl (C=O) groups excluding carboxylic acids is 2. The number of fused-ring (bicyclic) bond motifs is 2. The van der Waals surface area contributed by atoms with Crippen LogP contribution in [0.4, 0.5) is 11.4 Å². The van der Waals surface area contributed by atoms with E-state index in [0.717, 1.165) is 44.8 Å². The second kappa shape index (κ2) is 10.6. The minimum atomic E-state index is -0.352. The van der Waals surface area contributed by atoms with E-state index in [0.29, 0.717) is 11.4 Å². The Morgan fingerprint density at radius 1 is 0.590 bits per heavy atom. The molecule has 2 amide bonds. The number of amides is 2. The van der Waals surface area contributed by atoms with Crippen LogP contribution in [0.25, 0.3) is 44.8 Å². The molecule has 9 nitrogen and oxygen atoms in total. The number of rotatable bonds is 8. The molecule has 0 bridgehead atoms. The van der Waals surface area contributed by atoms with Gasteiger partial charge in [-0.15, -0.1) is 0 Å². The van der Waals surface area contributed by atoms with Gasteiger partial charge in [-0.1, -0.05) is 24.3 Å². The first-order valence-electron chi connectivity index (χ1n) is 12.4. The molecule has 9 heteroatoms. The first-order chi connectivity index (χ1) is 19.1. The number of hydrogen-bond donors (Lipinski definition) is 4. The largest absolute Gasteiger partial charge is 0.362 e. The van der Waals surface area contributed by atoms with Crippen LogP contribution in [0.2, 0.25) is 0 Å². The van der Waals surface area contributed by atoms with Crippen LogP contribution in [0.1, 0.15) is 0 Å². The van der Waals surface area contributed by atoms with Crippen LogP contribution < -0.4 is 10.6 Å². The summed E-state index contributed by atoms with van der Waals surface area (Å²) in [5.41, 5.74) is 6.77. The molecule has 0 aliphatic heterocycles. The number of ether oxygens (including phenoxy) is 1. The van der Waals surface area contributed by atoms with Crippen molar-refractivity contribution in [3.63, 3.8) is 0 Å². The SMILES string of the molecule is O=C(COCC(=O)Nc1ccc(-c2nc3ccccc3[nH]2)cc1)Nc1ccc(-c2nc3ccccc3[nH]2)cc1. The standard InChI is InChI=1S/C30H24N6O3/c37-27(31-21-13-9-19(10-14-21)29-33-23-5-1-2-6-24(23)34-29)17-39-18-28(38)32-22-15-11-20(12-16-22)30-35-25-7-3-4-8-26(25)36-30/h1-16H,17-18H2,(H,31,37)(H,32,38)(H,33,34)(H,35,36). The van der Waals surface area contributed by atoms with Crippen molar-refractivity contribution in [2.45, 2.75) is 0 Å². The lowest BCUT2D eigenvalue weighted by atomic mass is 10.2. The number of H-pyrrole nitrogens is 2. The molecule has 0 saturated heterocycles. The second-order valence-electron chi connectivity index (χ2n) is 8.95. The minimum absolute atomic E-state index is 0.246. The molecule has 4 N–H and O–H groups in total. The molecular formula is C30H24N6O3. The molecule has 0 spiro atoms. The van der Waals surface area contributed by atoms with Crippen LogP contribution in [0.5, 0.6) is 0 Å². The molecule has 0 atom stereocenters. The molecular weight excluding hydrogens is 492 g/mol. The first kappa shape index (κ1) is 24.1. The van der Waals surface area contributed by atoms with Gasteiger partial charge in [-0.25, -0.2) is 9.97 Å². The summed E-state index contributed by atoms with van der Waals surface area (Å²) >= 11 is 0. The summed E-state index contributed by atoms with van der Waals surface area (Å²) in [6, 6.07) is 30.3. The van der Waals surface area contributed by atoms with Crippen molar-refractivity contribution in [2.24, 2.45) is 0 Å². The third-order valence-electron chi connectivity index (χ3n) is 6.13. The maximum absolute atomic E-state index is 12.3. The maximum Gasteiger partial charge on any atom is 0.250 e. The number of carbonyl (C=O) groups is 2. The number of nitrogens with zero attached hydrogens (tertiary/aromatic N) is 2. The van der Waals surface area contributed by atoms with Crippen LogP contribution >= 0.6 is 0 Å². The number of anilines is 2. The van der Waals surface area contributed by atoms with Crippen molar-refractivity contribution in [3.05, 3.63) is 97.1 Å². The zero-order valence-electron chi connectivity index (χ0n) is 20.8. The van der Waals surface area contributed by atoms with E-state index in [1.807, 2.05) is 72.8 Å². The average Bonchev–Trinajstić information content (AvgIpc) is 3.58. The molecule has 0 saturated carbocycles. The summed E-state index contributed by atoms with van der Waals surface area (Å²) < 4.78 is 5.30. The van der Waals surface area contributed by atoms with E-state index in [1.165, 1.54) is 0 Å². The van der Waals surface area contributed by atoms with Gasteiger partial charge >= 0.3 is 0 Å². The predicted octanol–water partition coefficient (Wildman–Crippen LogP) is 5.37. The van der Waals surface area contributed by atoms with E-state index in [4.69, 9.17) is 4.74 Å². The monoisotopic (exact) mass is 516 g/mol. The molecule has 39 heavy (non-hydrogen) atoms. The Bertz CT molecular complexity index is 1570. The molecule has 4 aromatic carbocycles. The highest BCUT2D eigenvalue weighted by molar-refractivity contribution is 5.94. The number of imidazole rings is 2. The molecule has 2 aromatic heterocycles. The topological polar surface area (TPSA) is 125 Å². The van der Waals surface area contributed by atoms with Gasteiger partial charge in [0.05, 0.1) is 22.1 Å². The second-order valence-corrected chi connectivity index (χ2v) is 8.95. The zero-order chi connectivity index (χ0) is 26.6. The Kier molecular flexibility index (Phi) is 6.55. The summed E-state index contributed by atoms with van der Waals surface area (Å²) in [5.74, 6) is 0.809. The number of benzene rings is 4. The van der Waals surface area contributed by atoms with Gasteiger partial charge < -0.3 is 25.3 Å². The van der Waals surface area contributed by atoms with E-state index in [1.54, 1.807) is 24.3 Å². The maximum atomic E-state index is 12.3. The predicted molar refractivity (Wildman–Crippen MR) is 151 cm³/mol. The highest BCUT2D eigenvalue weighted by Gasteiger charge is 2.09. The molecule has 0 unspecified atom stereocenters. The van der Waals surface area contributed by atoms with E-state index in [-0.39, 0.29) is 25.0 Å². The highest BCUT2D eigenvalue weighted by Crippen LogP contribution is 2.23. The summed E-state index contributed by atoms with van der Waals surface area (Å²) in [6.07, 6.45) is 0. The van der Waals surface area contributed by atoms with Gasteiger partial charge in [0.15, 0.2) is 0 Å². The molecule has 6 aromatic rings. The van der Waals surface area contributed by atoms with E-state index in [2.05, 4.69) is 30.6 Å². The normalized spacial score (nSPS) is 11.1. The summed E-state index contributed by atoms with van der Waals surface area (Å²) in [5, 5.41) is 5.53. The summed E-state index contributed by atoms with van der Waals surface area (Å²) in [4.78, 5) is 40.3. The van der Waals surface area contributed by atoms with Crippen molar-refractivity contribution >= 4 is 45.3 Å².